The minimum absolute atomic E-state index is 0.00550. The van der Waals surface area contributed by atoms with Gasteiger partial charge in [0.05, 0.1) is 16.5 Å². The number of benzene rings is 2. The molecule has 146 valence electrons. The molecule has 1 amide bonds. The lowest BCUT2D eigenvalue weighted by atomic mass is 9.93. The molecule has 1 aromatic heterocycles. The summed E-state index contributed by atoms with van der Waals surface area (Å²) < 4.78 is 29.1. The molecule has 3 aromatic rings. The molecular weight excluding hydrogens is 390 g/mol. The van der Waals surface area contributed by atoms with Crippen LogP contribution in [0.1, 0.15) is 40.9 Å². The van der Waals surface area contributed by atoms with E-state index in [2.05, 4.69) is 0 Å². The number of phenols is 1. The summed E-state index contributed by atoms with van der Waals surface area (Å²) in [7, 11) is 0. The maximum absolute atomic E-state index is 14.1. The van der Waals surface area contributed by atoms with Gasteiger partial charge in [-0.3, -0.25) is 14.2 Å². The number of carbonyl (C=O) groups excluding carboxylic acids is 2. The topological polar surface area (TPSA) is 85.3 Å². The van der Waals surface area contributed by atoms with Crippen LogP contribution in [0.15, 0.2) is 30.3 Å². The number of phenolic OH excluding ortho intramolecular Hbond substituents is 1. The van der Waals surface area contributed by atoms with Gasteiger partial charge in [0, 0.05) is 22.7 Å². The molecule has 1 heterocycles. The van der Waals surface area contributed by atoms with Crippen molar-refractivity contribution in [2.24, 2.45) is 5.73 Å². The van der Waals surface area contributed by atoms with Crippen LogP contribution < -0.4 is 5.73 Å². The molecule has 1 unspecified atom stereocenters. The maximum atomic E-state index is 14.1. The van der Waals surface area contributed by atoms with E-state index in [1.807, 2.05) is 0 Å². The zero-order valence-electron chi connectivity index (χ0n) is 15.1. The summed E-state index contributed by atoms with van der Waals surface area (Å²) in [5.74, 6) is -4.31. The Bertz CT molecular complexity index is 1120. The van der Waals surface area contributed by atoms with Gasteiger partial charge in [0.2, 0.25) is 5.91 Å². The maximum Gasteiger partial charge on any atom is 0.262 e. The van der Waals surface area contributed by atoms with Gasteiger partial charge in [0.25, 0.3) is 5.91 Å². The molecule has 5 nitrogen and oxygen atoms in total. The standard InChI is InChI=1S/C20H17ClF2N2O3/c1-3-11(19(24)27)18-9(2)25(16-8-15(23)17(26)7-12(16)18)20(28)10-4-5-13(21)14(22)6-10/h4-8,11,26H,3H2,1-2H3,(H2,24,27). The lowest BCUT2D eigenvalue weighted by Crippen LogP contribution is -2.22. The zero-order chi connectivity index (χ0) is 20.7. The molecule has 0 aliphatic heterocycles. The van der Waals surface area contributed by atoms with Gasteiger partial charge in [-0.05, 0) is 43.2 Å². The molecule has 0 saturated heterocycles. The van der Waals surface area contributed by atoms with Crippen LogP contribution in [0.4, 0.5) is 8.78 Å². The smallest absolute Gasteiger partial charge is 0.262 e. The third kappa shape index (κ3) is 3.11. The van der Waals surface area contributed by atoms with Crippen LogP contribution in [-0.4, -0.2) is 21.5 Å². The van der Waals surface area contributed by atoms with Crippen LogP contribution in [0.2, 0.25) is 5.02 Å². The van der Waals surface area contributed by atoms with Crippen molar-refractivity contribution in [2.45, 2.75) is 26.2 Å². The minimum atomic E-state index is -0.931. The van der Waals surface area contributed by atoms with Crippen molar-refractivity contribution in [3.63, 3.8) is 0 Å². The highest BCUT2D eigenvalue weighted by Crippen LogP contribution is 2.37. The molecule has 0 aliphatic rings. The molecule has 0 aliphatic carbocycles. The van der Waals surface area contributed by atoms with Gasteiger partial charge in [-0.2, -0.15) is 0 Å². The van der Waals surface area contributed by atoms with E-state index in [9.17, 15) is 23.5 Å². The van der Waals surface area contributed by atoms with Gasteiger partial charge in [-0.15, -0.1) is 0 Å². The number of hydrogen-bond donors (Lipinski definition) is 2. The Morgan fingerprint density at radius 2 is 1.89 bits per heavy atom. The molecule has 0 spiro atoms. The number of nitrogens with zero attached hydrogens (tertiary/aromatic N) is 1. The molecule has 3 rings (SSSR count). The number of halogens is 3. The fraction of sp³-hybridized carbons (Fsp3) is 0.200. The number of amides is 1. The first kappa shape index (κ1) is 19.8. The zero-order valence-corrected chi connectivity index (χ0v) is 15.8. The third-order valence-electron chi connectivity index (χ3n) is 4.79. The third-order valence-corrected chi connectivity index (χ3v) is 5.10. The van der Waals surface area contributed by atoms with E-state index >= 15 is 0 Å². The minimum Gasteiger partial charge on any atom is -0.505 e. The number of rotatable bonds is 4. The number of nitrogens with two attached hydrogens (primary N) is 1. The van der Waals surface area contributed by atoms with Crippen molar-refractivity contribution in [3.05, 3.63) is 63.8 Å². The van der Waals surface area contributed by atoms with E-state index in [-0.39, 0.29) is 16.1 Å². The predicted octanol–water partition coefficient (Wildman–Crippen LogP) is 4.25. The summed E-state index contributed by atoms with van der Waals surface area (Å²) in [6, 6.07) is 5.74. The summed E-state index contributed by atoms with van der Waals surface area (Å²) in [5.41, 5.74) is 6.41. The van der Waals surface area contributed by atoms with Crippen molar-refractivity contribution in [3.8, 4) is 5.75 Å². The fourth-order valence-corrected chi connectivity index (χ4v) is 3.57. The second-order valence-electron chi connectivity index (χ2n) is 6.45. The van der Waals surface area contributed by atoms with Crippen molar-refractivity contribution in [2.75, 3.05) is 0 Å². The first-order chi connectivity index (χ1) is 13.2. The van der Waals surface area contributed by atoms with Gasteiger partial charge in [-0.25, -0.2) is 8.78 Å². The average molecular weight is 407 g/mol. The van der Waals surface area contributed by atoms with Gasteiger partial charge in [0.15, 0.2) is 11.6 Å². The molecule has 28 heavy (non-hydrogen) atoms. The molecule has 0 radical (unpaired) electrons. The van der Waals surface area contributed by atoms with Crippen molar-refractivity contribution in [1.29, 1.82) is 0 Å². The molecule has 2 aromatic carbocycles. The summed E-state index contributed by atoms with van der Waals surface area (Å²) in [5, 5.41) is 9.99. The molecule has 1 atom stereocenters. The SMILES string of the molecule is CCC(C(N)=O)c1c(C)n(C(=O)c2ccc(Cl)c(F)c2)c2cc(F)c(O)cc12. The second kappa shape index (κ2) is 7.24. The van der Waals surface area contributed by atoms with Crippen LogP contribution in [0.3, 0.4) is 0 Å². The van der Waals surface area contributed by atoms with Crippen LogP contribution >= 0.6 is 11.6 Å². The second-order valence-corrected chi connectivity index (χ2v) is 6.86. The number of aromatic hydroxyl groups is 1. The van der Waals surface area contributed by atoms with E-state index < -0.39 is 35.1 Å². The average Bonchev–Trinajstić information content (AvgIpc) is 2.89. The van der Waals surface area contributed by atoms with Gasteiger partial charge in [-0.1, -0.05) is 18.5 Å². The van der Waals surface area contributed by atoms with E-state index in [0.29, 0.717) is 23.1 Å². The van der Waals surface area contributed by atoms with Crippen molar-refractivity contribution >= 4 is 34.3 Å². The Morgan fingerprint density at radius 3 is 2.46 bits per heavy atom. The Morgan fingerprint density at radius 1 is 1.21 bits per heavy atom. The van der Waals surface area contributed by atoms with E-state index in [1.54, 1.807) is 13.8 Å². The molecule has 0 fully saturated rings. The number of primary amides is 1. The molecular formula is C20H17ClF2N2O3. The van der Waals surface area contributed by atoms with E-state index in [0.717, 1.165) is 18.2 Å². The first-order valence-corrected chi connectivity index (χ1v) is 8.87. The van der Waals surface area contributed by atoms with Crippen molar-refractivity contribution in [1.82, 2.24) is 4.57 Å². The quantitative estimate of drug-likeness (QED) is 0.679. The molecule has 0 bridgehead atoms. The summed E-state index contributed by atoms with van der Waals surface area (Å²) in [4.78, 5) is 25.0. The van der Waals surface area contributed by atoms with Gasteiger partial charge < -0.3 is 10.8 Å². The van der Waals surface area contributed by atoms with Crippen LogP contribution in [0.25, 0.3) is 10.9 Å². The fourth-order valence-electron chi connectivity index (χ4n) is 3.46. The number of carbonyl (C=O) groups is 2. The Labute approximate surface area is 164 Å². The summed E-state index contributed by atoms with van der Waals surface area (Å²) in [6.45, 7) is 3.33. The number of aromatic nitrogens is 1. The van der Waals surface area contributed by atoms with Crippen LogP contribution in [0.5, 0.6) is 5.75 Å². The van der Waals surface area contributed by atoms with E-state index in [1.165, 1.54) is 16.7 Å². The first-order valence-electron chi connectivity index (χ1n) is 8.49. The number of fused-ring (bicyclic) bond motifs is 1. The van der Waals surface area contributed by atoms with Crippen LogP contribution in [0, 0.1) is 18.6 Å². The Kier molecular flexibility index (Phi) is 5.12. The van der Waals surface area contributed by atoms with Gasteiger partial charge >= 0.3 is 0 Å². The highest BCUT2D eigenvalue weighted by molar-refractivity contribution is 6.30. The Hall–Kier alpha value is -2.93. The predicted molar refractivity (Wildman–Crippen MR) is 102 cm³/mol. The van der Waals surface area contributed by atoms with E-state index in [4.69, 9.17) is 17.3 Å². The largest absolute Gasteiger partial charge is 0.505 e. The summed E-state index contributed by atoms with van der Waals surface area (Å²) in [6.07, 6.45) is 0.344. The van der Waals surface area contributed by atoms with Crippen LogP contribution in [-0.2, 0) is 4.79 Å². The highest BCUT2D eigenvalue weighted by atomic mass is 35.5. The highest BCUT2D eigenvalue weighted by Gasteiger charge is 2.28. The van der Waals surface area contributed by atoms with Crippen molar-refractivity contribution < 1.29 is 23.5 Å². The molecule has 8 heteroatoms. The van der Waals surface area contributed by atoms with Gasteiger partial charge in [0.1, 0.15) is 5.82 Å². The normalized spacial score (nSPS) is 12.3. The lowest BCUT2D eigenvalue weighted by molar-refractivity contribution is -0.119. The lowest BCUT2D eigenvalue weighted by Gasteiger charge is -2.13. The molecule has 0 saturated carbocycles. The monoisotopic (exact) mass is 406 g/mol. The number of hydrogen-bond acceptors (Lipinski definition) is 3. The summed E-state index contributed by atoms with van der Waals surface area (Å²) >= 11 is 5.67. The molecule has 3 N–H and O–H groups in total. The Balaban J connectivity index is 2.34.